The van der Waals surface area contributed by atoms with E-state index < -0.39 is 29.0 Å². The van der Waals surface area contributed by atoms with Gasteiger partial charge >= 0.3 is 57.4 Å². The van der Waals surface area contributed by atoms with Gasteiger partial charge in [0.15, 0.2) is 0 Å². The summed E-state index contributed by atoms with van der Waals surface area (Å²) in [5.41, 5.74) is 4.80. The molecule has 0 radical (unpaired) electrons. The molecule has 0 aliphatic heterocycles. The van der Waals surface area contributed by atoms with E-state index in [4.69, 9.17) is 10.8 Å². The van der Waals surface area contributed by atoms with Crippen LogP contribution < -0.4 is 57.1 Å². The van der Waals surface area contributed by atoms with E-state index in [-0.39, 0.29) is 51.4 Å². The molecule has 12 heavy (non-hydrogen) atoms. The Balaban J connectivity index is 0. The Morgan fingerprint density at radius 2 is 2.08 bits per heavy atom. The van der Waals surface area contributed by atoms with Crippen molar-refractivity contribution >= 4 is 16.4 Å². The van der Waals surface area contributed by atoms with Gasteiger partial charge in [-0.25, -0.2) is 8.42 Å². The molecule has 0 spiro atoms. The molecule has 0 fully saturated rings. The minimum absolute atomic E-state index is 0. The first-order chi connectivity index (χ1) is 4.83. The summed E-state index contributed by atoms with van der Waals surface area (Å²) in [6, 6.07) is -1.50. The summed E-state index contributed by atoms with van der Waals surface area (Å²) in [4.78, 5) is 9.91. The molecular formula is C3H6KNO6S. The van der Waals surface area contributed by atoms with Crippen LogP contribution in [0.15, 0.2) is 0 Å². The van der Waals surface area contributed by atoms with Crippen LogP contribution >= 0.6 is 0 Å². The molecular weight excluding hydrogens is 217 g/mol. The Kier molecular flexibility index (Phi) is 8.22. The predicted octanol–water partition coefficient (Wildman–Crippen LogP) is -5.12. The molecule has 0 unspecified atom stereocenters. The third-order valence-electron chi connectivity index (χ3n) is 0.709. The topological polar surface area (TPSA) is 130 Å². The van der Waals surface area contributed by atoms with Gasteiger partial charge in [0.05, 0.1) is 6.61 Å². The number of rotatable bonds is 4. The van der Waals surface area contributed by atoms with E-state index in [0.717, 1.165) is 0 Å². The van der Waals surface area contributed by atoms with Gasteiger partial charge in [-0.15, -0.1) is 0 Å². The van der Waals surface area contributed by atoms with Crippen molar-refractivity contribution in [3.63, 3.8) is 0 Å². The van der Waals surface area contributed by atoms with Gasteiger partial charge in [0.25, 0.3) is 0 Å². The Labute approximate surface area is 112 Å². The normalized spacial score (nSPS) is 13.2. The Morgan fingerprint density at radius 1 is 1.67 bits per heavy atom. The summed E-state index contributed by atoms with van der Waals surface area (Å²) in [5.74, 6) is -1.44. The zero-order chi connectivity index (χ0) is 9.07. The molecule has 9 heteroatoms. The van der Waals surface area contributed by atoms with Crippen LogP contribution in [-0.4, -0.2) is 36.7 Å². The van der Waals surface area contributed by atoms with Crippen molar-refractivity contribution in [3.05, 3.63) is 0 Å². The number of hydrogen-bond acceptors (Lipinski definition) is 6. The van der Waals surface area contributed by atoms with Crippen LogP contribution in [0.4, 0.5) is 0 Å². The number of carbonyl (C=O) groups is 1. The molecule has 66 valence electrons. The van der Waals surface area contributed by atoms with E-state index in [1.807, 2.05) is 0 Å². The van der Waals surface area contributed by atoms with E-state index in [2.05, 4.69) is 4.18 Å². The Hall–Kier alpha value is 0.936. The molecule has 0 amide bonds. The first-order valence-electron chi connectivity index (χ1n) is 2.41. The van der Waals surface area contributed by atoms with E-state index >= 15 is 0 Å². The van der Waals surface area contributed by atoms with Crippen LogP contribution in [0.5, 0.6) is 0 Å². The zero-order valence-corrected chi connectivity index (χ0v) is 10.2. The standard InChI is InChI=1S/C3H7NO6S.K/c4-2(3(5)6)1-10-11(7,8)9;/h2H,1,4H2,(H,5,6)(H,7,8,9);/q;+1/p-1/t2-;/m0./s1. The average molecular weight is 223 g/mol. The number of aliphatic carboxylic acids is 1. The van der Waals surface area contributed by atoms with Crippen molar-refractivity contribution in [2.24, 2.45) is 5.73 Å². The maximum atomic E-state index is 9.91. The summed E-state index contributed by atoms with van der Waals surface area (Å²) >= 11 is 0. The third kappa shape index (κ3) is 9.03. The van der Waals surface area contributed by atoms with Crippen molar-refractivity contribution in [3.8, 4) is 0 Å². The van der Waals surface area contributed by atoms with Crippen molar-refractivity contribution in [2.75, 3.05) is 6.61 Å². The minimum Gasteiger partial charge on any atom is -0.726 e. The predicted molar refractivity (Wildman–Crippen MR) is 31.3 cm³/mol. The number of nitrogens with two attached hydrogens (primary N) is 1. The molecule has 1 atom stereocenters. The number of hydrogen-bond donors (Lipinski definition) is 2. The molecule has 0 bridgehead atoms. The second-order valence-electron chi connectivity index (χ2n) is 1.64. The largest absolute Gasteiger partial charge is 1.00 e. The molecule has 0 rings (SSSR count). The first-order valence-corrected chi connectivity index (χ1v) is 3.75. The Bertz CT molecular complexity index is 237. The first kappa shape index (κ1) is 15.4. The van der Waals surface area contributed by atoms with Crippen LogP contribution in [0.3, 0.4) is 0 Å². The van der Waals surface area contributed by atoms with Crippen molar-refractivity contribution in [1.29, 1.82) is 0 Å². The van der Waals surface area contributed by atoms with Gasteiger partial charge in [-0.05, 0) is 0 Å². The second kappa shape index (κ2) is 6.40. The minimum atomic E-state index is -4.85. The smallest absolute Gasteiger partial charge is 0.726 e. The maximum Gasteiger partial charge on any atom is 1.00 e. The third-order valence-corrected chi connectivity index (χ3v) is 1.13. The van der Waals surface area contributed by atoms with Gasteiger partial charge in [0, 0.05) is 0 Å². The molecule has 0 heterocycles. The van der Waals surface area contributed by atoms with E-state index in [1.165, 1.54) is 0 Å². The second-order valence-corrected chi connectivity index (χ2v) is 2.69. The van der Waals surface area contributed by atoms with Gasteiger partial charge in [-0.2, -0.15) is 0 Å². The molecule has 0 aliphatic carbocycles. The quantitative estimate of drug-likeness (QED) is 0.277. The van der Waals surface area contributed by atoms with Gasteiger partial charge in [-0.3, -0.25) is 8.98 Å². The molecule has 0 saturated heterocycles. The van der Waals surface area contributed by atoms with E-state index in [1.54, 1.807) is 0 Å². The van der Waals surface area contributed by atoms with E-state index in [0.29, 0.717) is 0 Å². The molecule has 0 aromatic carbocycles. The monoisotopic (exact) mass is 223 g/mol. The van der Waals surface area contributed by atoms with Crippen LogP contribution in [0.2, 0.25) is 0 Å². The molecule has 0 aromatic heterocycles. The van der Waals surface area contributed by atoms with Crippen molar-refractivity contribution in [2.45, 2.75) is 6.04 Å². The van der Waals surface area contributed by atoms with Crippen LogP contribution in [0, 0.1) is 0 Å². The maximum absolute atomic E-state index is 9.91. The number of carboxylic acid groups (broad SMARTS) is 1. The molecule has 0 saturated carbocycles. The fraction of sp³-hybridized carbons (Fsp3) is 0.667. The fourth-order valence-electron chi connectivity index (χ4n) is 0.228. The van der Waals surface area contributed by atoms with Gasteiger partial charge in [-0.1, -0.05) is 0 Å². The summed E-state index contributed by atoms with van der Waals surface area (Å²) in [5, 5.41) is 8.08. The summed E-state index contributed by atoms with van der Waals surface area (Å²) in [6.07, 6.45) is 0. The average Bonchev–Trinajstić information content (AvgIpc) is 1.80. The SMILES string of the molecule is N[C@@H](COS(=O)(=O)[O-])C(=O)O.[K+]. The van der Waals surface area contributed by atoms with Gasteiger partial charge in [0.1, 0.15) is 6.04 Å². The molecule has 3 N–H and O–H groups in total. The van der Waals surface area contributed by atoms with Crippen LogP contribution in [0.25, 0.3) is 0 Å². The Morgan fingerprint density at radius 3 is 2.33 bits per heavy atom. The van der Waals surface area contributed by atoms with Crippen molar-refractivity contribution < 1.29 is 78.4 Å². The molecule has 0 aliphatic rings. The fourth-order valence-corrected chi connectivity index (χ4v) is 0.541. The molecule has 0 aromatic rings. The van der Waals surface area contributed by atoms with Crippen molar-refractivity contribution in [1.82, 2.24) is 0 Å². The summed E-state index contributed by atoms with van der Waals surface area (Å²) in [7, 11) is -4.85. The van der Waals surface area contributed by atoms with Gasteiger partial charge < -0.3 is 15.4 Å². The summed E-state index contributed by atoms with van der Waals surface area (Å²) in [6.45, 7) is -0.846. The van der Waals surface area contributed by atoms with Crippen LogP contribution in [0.1, 0.15) is 0 Å². The molecule has 7 nitrogen and oxygen atoms in total. The zero-order valence-electron chi connectivity index (χ0n) is 6.26. The van der Waals surface area contributed by atoms with Gasteiger partial charge in [0.2, 0.25) is 10.4 Å². The van der Waals surface area contributed by atoms with Crippen LogP contribution in [-0.2, 0) is 19.4 Å². The van der Waals surface area contributed by atoms with E-state index in [9.17, 15) is 17.8 Å². The summed E-state index contributed by atoms with van der Waals surface area (Å²) < 4.78 is 32.8. The number of carboxylic acids is 1.